The highest BCUT2D eigenvalue weighted by molar-refractivity contribution is 9.11. The molecule has 1 rings (SSSR count). The molecule has 0 radical (unpaired) electrons. The van der Waals surface area contributed by atoms with Crippen LogP contribution in [-0.2, 0) is 4.74 Å². The summed E-state index contributed by atoms with van der Waals surface area (Å²) in [5.41, 5.74) is 0. The van der Waals surface area contributed by atoms with Gasteiger partial charge in [-0.25, -0.2) is 4.39 Å². The first-order valence-electron chi connectivity index (χ1n) is 3.14. The van der Waals surface area contributed by atoms with E-state index in [0.717, 1.165) is 0 Å². The van der Waals surface area contributed by atoms with Crippen LogP contribution in [0.1, 0.15) is 12.8 Å². The Balaban J connectivity index is 2.98. The minimum atomic E-state index is -0.884. The monoisotopic (exact) mass is 224 g/mol. The Kier molecular flexibility index (Phi) is 2.65. The Morgan fingerprint density at radius 1 is 1.27 bits per heavy atom. The third-order valence-corrected chi connectivity index (χ3v) is 2.24. The molecule has 0 spiro atoms. The molecule has 0 fully saturated rings. The van der Waals surface area contributed by atoms with Gasteiger partial charge in [0.1, 0.15) is 5.76 Å². The molecule has 0 aromatic heterocycles. The number of halogens is 3. The molecule has 62 valence electrons. The van der Waals surface area contributed by atoms with Crippen LogP contribution in [0.25, 0.3) is 0 Å². The largest absolute Gasteiger partial charge is 0.498 e. The van der Waals surface area contributed by atoms with Gasteiger partial charge >= 0.3 is 0 Å². The van der Waals surface area contributed by atoms with E-state index >= 15 is 0 Å². The first kappa shape index (κ1) is 8.71. The second-order valence-corrected chi connectivity index (χ2v) is 3.12. The van der Waals surface area contributed by atoms with Gasteiger partial charge in [0, 0.05) is 10.9 Å². The van der Waals surface area contributed by atoms with E-state index < -0.39 is 11.7 Å². The lowest BCUT2D eigenvalue weighted by atomic mass is 10.1. The van der Waals surface area contributed by atoms with Gasteiger partial charge in [-0.05, 0) is 6.42 Å². The second-order valence-electron chi connectivity index (χ2n) is 2.16. The van der Waals surface area contributed by atoms with E-state index in [0.29, 0.717) is 12.8 Å². The van der Waals surface area contributed by atoms with Crippen molar-refractivity contribution in [2.24, 2.45) is 0 Å². The average Bonchev–Trinajstić information content (AvgIpc) is 2.01. The van der Waals surface area contributed by atoms with E-state index in [4.69, 9.17) is 0 Å². The number of hydrogen-bond acceptors (Lipinski definition) is 1. The van der Waals surface area contributed by atoms with Crippen molar-refractivity contribution in [1.29, 1.82) is 0 Å². The summed E-state index contributed by atoms with van der Waals surface area (Å²) in [6, 6.07) is 0. The van der Waals surface area contributed by atoms with Crippen molar-refractivity contribution in [2.45, 2.75) is 12.8 Å². The van der Waals surface area contributed by atoms with Gasteiger partial charge in [-0.1, -0.05) is 15.9 Å². The summed E-state index contributed by atoms with van der Waals surface area (Å²) in [4.78, 5) is 0. The van der Waals surface area contributed by atoms with Crippen molar-refractivity contribution >= 4 is 15.9 Å². The van der Waals surface area contributed by atoms with Crippen molar-refractivity contribution < 1.29 is 13.5 Å². The third-order valence-electron chi connectivity index (χ3n) is 1.49. The number of methoxy groups -OCH3 is 1. The molecule has 0 unspecified atom stereocenters. The molecule has 0 amide bonds. The molecule has 1 aliphatic rings. The molecule has 0 saturated heterocycles. The van der Waals surface area contributed by atoms with E-state index in [-0.39, 0.29) is 10.2 Å². The average molecular weight is 225 g/mol. The van der Waals surface area contributed by atoms with E-state index in [1.165, 1.54) is 7.11 Å². The molecule has 0 N–H and O–H groups in total. The van der Waals surface area contributed by atoms with Crippen LogP contribution in [0.2, 0.25) is 0 Å². The maximum absolute atomic E-state index is 12.8. The van der Waals surface area contributed by atoms with Gasteiger partial charge in [0.25, 0.3) is 0 Å². The van der Waals surface area contributed by atoms with Crippen LogP contribution >= 0.6 is 15.9 Å². The van der Waals surface area contributed by atoms with Crippen LogP contribution in [0.3, 0.4) is 0 Å². The number of ether oxygens (including phenoxy) is 1. The van der Waals surface area contributed by atoms with Gasteiger partial charge in [-0.2, -0.15) is 4.39 Å². The molecule has 1 nitrogen and oxygen atoms in total. The quantitative estimate of drug-likeness (QED) is 0.665. The topological polar surface area (TPSA) is 9.23 Å². The first-order chi connectivity index (χ1) is 5.16. The predicted molar refractivity (Wildman–Crippen MR) is 41.4 cm³/mol. The number of allylic oxidation sites excluding steroid dienone is 4. The van der Waals surface area contributed by atoms with Gasteiger partial charge in [-0.15, -0.1) is 0 Å². The molecule has 0 aliphatic heterocycles. The lowest BCUT2D eigenvalue weighted by Crippen LogP contribution is -1.99. The van der Waals surface area contributed by atoms with E-state index in [1.54, 1.807) is 0 Å². The Bertz CT molecular complexity index is 233. The highest BCUT2D eigenvalue weighted by atomic mass is 79.9. The summed E-state index contributed by atoms with van der Waals surface area (Å²) >= 11 is 2.93. The zero-order valence-electron chi connectivity index (χ0n) is 5.96. The van der Waals surface area contributed by atoms with Gasteiger partial charge in [0.2, 0.25) is 0 Å². The van der Waals surface area contributed by atoms with Crippen molar-refractivity contribution in [3.63, 3.8) is 0 Å². The van der Waals surface area contributed by atoms with Crippen molar-refractivity contribution in [1.82, 2.24) is 0 Å². The first-order valence-corrected chi connectivity index (χ1v) is 3.93. The van der Waals surface area contributed by atoms with Gasteiger partial charge in [-0.3, -0.25) is 0 Å². The van der Waals surface area contributed by atoms with Crippen LogP contribution in [0, 0.1) is 0 Å². The molecule has 4 heteroatoms. The predicted octanol–water partition coefficient (Wildman–Crippen LogP) is 3.18. The number of rotatable bonds is 1. The normalized spacial score (nSPS) is 19.3. The minimum absolute atomic E-state index is 0.0886. The summed E-state index contributed by atoms with van der Waals surface area (Å²) < 4.78 is 30.4. The van der Waals surface area contributed by atoms with E-state index in [2.05, 4.69) is 20.7 Å². The maximum Gasteiger partial charge on any atom is 0.197 e. The van der Waals surface area contributed by atoms with Crippen LogP contribution < -0.4 is 0 Å². The lowest BCUT2D eigenvalue weighted by molar-refractivity contribution is 0.255. The van der Waals surface area contributed by atoms with Crippen molar-refractivity contribution in [3.8, 4) is 0 Å². The summed E-state index contributed by atoms with van der Waals surface area (Å²) in [6.07, 6.45) is 0.874. The Hall–Kier alpha value is -0.380. The Labute approximate surface area is 71.9 Å². The summed E-state index contributed by atoms with van der Waals surface area (Å²) in [7, 11) is 1.33. The standard InChI is InChI=1S/C7H7BrF2O/c1-11-5-3-2-4(8)6(9)7(5)10/h2-3H2,1H3. The fourth-order valence-corrected chi connectivity index (χ4v) is 1.25. The zero-order valence-corrected chi connectivity index (χ0v) is 7.54. The fraction of sp³-hybridized carbons (Fsp3) is 0.429. The second kappa shape index (κ2) is 3.34. The fourth-order valence-electron chi connectivity index (χ4n) is 0.876. The molecule has 0 heterocycles. The van der Waals surface area contributed by atoms with Crippen LogP contribution in [0.4, 0.5) is 8.78 Å². The van der Waals surface area contributed by atoms with Crippen LogP contribution in [-0.4, -0.2) is 7.11 Å². The zero-order chi connectivity index (χ0) is 8.43. The van der Waals surface area contributed by atoms with Crippen molar-refractivity contribution in [3.05, 3.63) is 21.9 Å². The third kappa shape index (κ3) is 1.61. The summed E-state index contributed by atoms with van der Waals surface area (Å²) in [5.74, 6) is -1.63. The maximum atomic E-state index is 12.8. The highest BCUT2D eigenvalue weighted by Crippen LogP contribution is 2.34. The number of hydrogen-bond donors (Lipinski definition) is 0. The summed E-state index contributed by atoms with van der Waals surface area (Å²) in [6.45, 7) is 0. The molecule has 0 aromatic carbocycles. The van der Waals surface area contributed by atoms with Gasteiger partial charge < -0.3 is 4.74 Å². The minimum Gasteiger partial charge on any atom is -0.498 e. The Morgan fingerprint density at radius 3 is 2.45 bits per heavy atom. The molecule has 0 saturated carbocycles. The highest BCUT2D eigenvalue weighted by Gasteiger charge is 2.21. The molecule has 0 atom stereocenters. The molecular weight excluding hydrogens is 218 g/mol. The van der Waals surface area contributed by atoms with Crippen LogP contribution in [0.5, 0.6) is 0 Å². The Morgan fingerprint density at radius 2 is 1.91 bits per heavy atom. The molecule has 0 bridgehead atoms. The van der Waals surface area contributed by atoms with E-state index in [1.807, 2.05) is 0 Å². The molecule has 1 aliphatic carbocycles. The van der Waals surface area contributed by atoms with E-state index in [9.17, 15) is 8.78 Å². The van der Waals surface area contributed by atoms with Gasteiger partial charge in [0.05, 0.1) is 7.11 Å². The molecule has 11 heavy (non-hydrogen) atoms. The summed E-state index contributed by atoms with van der Waals surface area (Å²) in [5, 5.41) is 0. The molecular formula is C7H7BrF2O. The van der Waals surface area contributed by atoms with Crippen LogP contribution in [0.15, 0.2) is 21.9 Å². The van der Waals surface area contributed by atoms with Crippen molar-refractivity contribution in [2.75, 3.05) is 7.11 Å². The van der Waals surface area contributed by atoms with Gasteiger partial charge in [0.15, 0.2) is 11.7 Å². The molecule has 0 aromatic rings. The SMILES string of the molecule is COC1=C(F)C(F)=C(Br)CC1. The lowest BCUT2D eigenvalue weighted by Gasteiger charge is -2.12. The smallest absolute Gasteiger partial charge is 0.197 e.